The average molecular weight is 445 g/mol. The van der Waals surface area contributed by atoms with Crippen molar-refractivity contribution in [3.63, 3.8) is 0 Å². The molecule has 0 saturated heterocycles. The molecule has 7 N–H and O–H groups in total. The highest BCUT2D eigenvalue weighted by molar-refractivity contribution is 7.80. The molecule has 0 aliphatic heterocycles. The maximum atomic E-state index is 13.0. The Morgan fingerprint density at radius 1 is 1.10 bits per heavy atom. The molecule has 31 heavy (non-hydrogen) atoms. The highest BCUT2D eigenvalue weighted by atomic mass is 32.1. The predicted octanol–water partition coefficient (Wildman–Crippen LogP) is -0.0125. The van der Waals surface area contributed by atoms with E-state index in [9.17, 15) is 19.5 Å². The van der Waals surface area contributed by atoms with Crippen molar-refractivity contribution in [2.24, 2.45) is 5.73 Å². The van der Waals surface area contributed by atoms with Crippen LogP contribution >= 0.6 is 12.6 Å². The molecule has 0 aliphatic rings. The number of hydrogen-bond acceptors (Lipinski definition) is 6. The van der Waals surface area contributed by atoms with Gasteiger partial charge in [-0.3, -0.25) is 9.59 Å². The van der Waals surface area contributed by atoms with E-state index >= 15 is 0 Å². The van der Waals surface area contributed by atoms with Gasteiger partial charge < -0.3 is 31.4 Å². The van der Waals surface area contributed by atoms with Crippen LogP contribution in [0.3, 0.4) is 0 Å². The third-order valence-electron chi connectivity index (χ3n) is 4.86. The Hall–Kier alpha value is -3.31. The Labute approximate surface area is 183 Å². The number of rotatable bonds is 10. The van der Waals surface area contributed by atoms with Gasteiger partial charge in [0.2, 0.25) is 11.8 Å². The molecular formula is C20H24N6O4S. The number of nitrogens with zero attached hydrogens (tertiary/aromatic N) is 1. The molecule has 1 aromatic carbocycles. The summed E-state index contributed by atoms with van der Waals surface area (Å²) in [6.45, 7) is 0. The van der Waals surface area contributed by atoms with Crippen LogP contribution in [0.2, 0.25) is 0 Å². The topological polar surface area (TPSA) is 166 Å². The number of H-pyrrole nitrogens is 2. The molecule has 3 rings (SSSR count). The summed E-state index contributed by atoms with van der Waals surface area (Å²) in [5.41, 5.74) is 7.98. The number of carbonyl (C=O) groups is 3. The van der Waals surface area contributed by atoms with Gasteiger partial charge in [0, 0.05) is 47.6 Å². The first-order valence-electron chi connectivity index (χ1n) is 9.61. The largest absolute Gasteiger partial charge is 0.480 e. The summed E-state index contributed by atoms with van der Waals surface area (Å²) in [6, 6.07) is 4.42. The van der Waals surface area contributed by atoms with Gasteiger partial charge in [0.1, 0.15) is 12.1 Å². The zero-order chi connectivity index (χ0) is 22.4. The molecule has 0 bridgehead atoms. The zero-order valence-corrected chi connectivity index (χ0v) is 17.4. The van der Waals surface area contributed by atoms with Crippen molar-refractivity contribution < 1.29 is 19.5 Å². The fourth-order valence-corrected chi connectivity index (χ4v) is 3.35. The zero-order valence-electron chi connectivity index (χ0n) is 16.5. The van der Waals surface area contributed by atoms with E-state index in [0.717, 1.165) is 16.5 Å². The van der Waals surface area contributed by atoms with Gasteiger partial charge >= 0.3 is 5.97 Å². The first-order chi connectivity index (χ1) is 14.9. The van der Waals surface area contributed by atoms with E-state index in [2.05, 4.69) is 38.2 Å². The van der Waals surface area contributed by atoms with E-state index in [0.29, 0.717) is 5.69 Å². The van der Waals surface area contributed by atoms with Crippen LogP contribution in [0.25, 0.3) is 10.9 Å². The Bertz CT molecular complexity index is 1050. The lowest BCUT2D eigenvalue weighted by molar-refractivity contribution is -0.142. The van der Waals surface area contributed by atoms with Crippen molar-refractivity contribution in [2.75, 3.05) is 5.75 Å². The predicted molar refractivity (Wildman–Crippen MR) is 118 cm³/mol. The molecule has 0 fully saturated rings. The van der Waals surface area contributed by atoms with Gasteiger partial charge in [0.25, 0.3) is 0 Å². The molecular weight excluding hydrogens is 420 g/mol. The molecule has 11 heteroatoms. The third kappa shape index (κ3) is 5.64. The first kappa shape index (κ1) is 22.4. The Morgan fingerprint density at radius 3 is 2.52 bits per heavy atom. The molecule has 164 valence electrons. The van der Waals surface area contributed by atoms with Crippen LogP contribution in [0.1, 0.15) is 11.3 Å². The maximum absolute atomic E-state index is 13.0. The van der Waals surface area contributed by atoms with Crippen LogP contribution in [-0.4, -0.2) is 61.7 Å². The maximum Gasteiger partial charge on any atom is 0.326 e. The van der Waals surface area contributed by atoms with E-state index in [1.54, 1.807) is 6.20 Å². The molecule has 2 amide bonds. The molecule has 0 radical (unpaired) electrons. The van der Waals surface area contributed by atoms with E-state index in [1.165, 1.54) is 12.5 Å². The number of aliphatic carboxylic acids is 1. The van der Waals surface area contributed by atoms with E-state index in [4.69, 9.17) is 5.73 Å². The molecule has 3 aromatic rings. The van der Waals surface area contributed by atoms with Crippen LogP contribution in [0, 0.1) is 0 Å². The monoisotopic (exact) mass is 444 g/mol. The van der Waals surface area contributed by atoms with Crippen molar-refractivity contribution in [2.45, 2.75) is 31.0 Å². The van der Waals surface area contributed by atoms with E-state index < -0.39 is 35.9 Å². The number of aromatic nitrogens is 3. The summed E-state index contributed by atoms with van der Waals surface area (Å²) in [4.78, 5) is 46.8. The number of carboxylic acid groups (broad SMARTS) is 1. The van der Waals surface area contributed by atoms with E-state index in [-0.39, 0.29) is 18.6 Å². The van der Waals surface area contributed by atoms with Crippen LogP contribution < -0.4 is 16.4 Å². The number of benzene rings is 1. The van der Waals surface area contributed by atoms with Gasteiger partial charge in [-0.15, -0.1) is 0 Å². The van der Waals surface area contributed by atoms with Crippen molar-refractivity contribution in [1.82, 2.24) is 25.6 Å². The number of thiol groups is 1. The number of para-hydroxylation sites is 1. The molecule has 0 saturated carbocycles. The average Bonchev–Trinajstić information content (AvgIpc) is 3.42. The van der Waals surface area contributed by atoms with Crippen LogP contribution in [0.15, 0.2) is 43.0 Å². The summed E-state index contributed by atoms with van der Waals surface area (Å²) >= 11 is 4.02. The second-order valence-electron chi connectivity index (χ2n) is 7.09. The van der Waals surface area contributed by atoms with Crippen LogP contribution in [-0.2, 0) is 27.2 Å². The summed E-state index contributed by atoms with van der Waals surface area (Å²) in [6.07, 6.45) is 4.84. The van der Waals surface area contributed by atoms with Crippen LogP contribution in [0.4, 0.5) is 0 Å². The van der Waals surface area contributed by atoms with Crippen molar-refractivity contribution in [1.29, 1.82) is 0 Å². The summed E-state index contributed by atoms with van der Waals surface area (Å²) < 4.78 is 0. The molecule has 3 atom stereocenters. The minimum atomic E-state index is -1.20. The summed E-state index contributed by atoms with van der Waals surface area (Å²) in [5, 5.41) is 15.6. The van der Waals surface area contributed by atoms with Crippen LogP contribution in [0.5, 0.6) is 0 Å². The lowest BCUT2D eigenvalue weighted by Crippen LogP contribution is -2.55. The molecule has 0 aliphatic carbocycles. The highest BCUT2D eigenvalue weighted by Gasteiger charge is 2.29. The second kappa shape index (κ2) is 10.1. The standard InChI is InChI=1S/C20H24N6O4S/c21-14(9-31)18(27)25-16(5-11-7-23-15-4-2-1-3-13(11)15)19(28)26-17(20(29)30)6-12-8-22-10-24-12/h1-4,7-8,10,14,16-17,23,31H,5-6,9,21H2,(H,22,24)(H,25,27)(H,26,28)(H,29,30)/t14-,16-,17-/m0/s1. The van der Waals surface area contributed by atoms with Gasteiger partial charge in [-0.25, -0.2) is 9.78 Å². The molecule has 10 nitrogen and oxygen atoms in total. The Balaban J connectivity index is 1.80. The van der Waals surface area contributed by atoms with E-state index in [1.807, 2.05) is 24.3 Å². The van der Waals surface area contributed by atoms with Gasteiger partial charge in [-0.05, 0) is 11.6 Å². The van der Waals surface area contributed by atoms with Gasteiger partial charge in [0.15, 0.2) is 0 Å². The fraction of sp³-hybridized carbons (Fsp3) is 0.300. The smallest absolute Gasteiger partial charge is 0.326 e. The number of nitrogens with two attached hydrogens (primary N) is 1. The number of hydrogen-bond donors (Lipinski definition) is 7. The summed E-state index contributed by atoms with van der Waals surface area (Å²) in [7, 11) is 0. The summed E-state index contributed by atoms with van der Waals surface area (Å²) in [5.74, 6) is -2.27. The molecule has 0 unspecified atom stereocenters. The number of aromatic amines is 2. The second-order valence-corrected chi connectivity index (χ2v) is 7.46. The van der Waals surface area contributed by atoms with Gasteiger partial charge in [-0.2, -0.15) is 12.6 Å². The number of imidazole rings is 1. The normalized spacial score (nSPS) is 14.0. The number of fused-ring (bicyclic) bond motifs is 1. The fourth-order valence-electron chi connectivity index (χ4n) is 3.18. The minimum absolute atomic E-state index is 0.0188. The quantitative estimate of drug-likeness (QED) is 0.217. The van der Waals surface area contributed by atoms with Crippen molar-refractivity contribution >= 4 is 41.3 Å². The lowest BCUT2D eigenvalue weighted by Gasteiger charge is -2.22. The first-order valence-corrected chi connectivity index (χ1v) is 10.2. The van der Waals surface area contributed by atoms with Crippen molar-refractivity contribution in [3.8, 4) is 0 Å². The number of amides is 2. The molecule has 2 heterocycles. The number of nitrogens with one attached hydrogen (secondary N) is 4. The third-order valence-corrected chi connectivity index (χ3v) is 5.25. The van der Waals surface area contributed by atoms with Gasteiger partial charge in [-0.1, -0.05) is 18.2 Å². The molecule has 0 spiro atoms. The number of carbonyl (C=O) groups excluding carboxylic acids is 2. The van der Waals surface area contributed by atoms with Crippen molar-refractivity contribution in [3.05, 3.63) is 54.2 Å². The molecule has 2 aromatic heterocycles. The Morgan fingerprint density at radius 2 is 1.84 bits per heavy atom. The number of carboxylic acids is 1. The SMILES string of the molecule is N[C@@H](CS)C(=O)N[C@@H](Cc1c[nH]c2ccccc12)C(=O)N[C@@H](Cc1cnc[nH]1)C(=O)O. The van der Waals surface area contributed by atoms with Gasteiger partial charge in [0.05, 0.1) is 12.4 Å². The minimum Gasteiger partial charge on any atom is -0.480 e. The Kier molecular flexibility index (Phi) is 7.32. The lowest BCUT2D eigenvalue weighted by atomic mass is 10.0. The highest BCUT2D eigenvalue weighted by Crippen LogP contribution is 2.19.